The van der Waals surface area contributed by atoms with Gasteiger partial charge in [0.25, 0.3) is 0 Å². The number of amides is 1. The van der Waals surface area contributed by atoms with Crippen molar-refractivity contribution in [1.82, 2.24) is 10.3 Å². The van der Waals surface area contributed by atoms with Crippen molar-refractivity contribution < 1.29 is 4.79 Å². The zero-order valence-electron chi connectivity index (χ0n) is 13.6. The highest BCUT2D eigenvalue weighted by Gasteiger charge is 2.54. The second kappa shape index (κ2) is 5.33. The van der Waals surface area contributed by atoms with E-state index in [-0.39, 0.29) is 11.5 Å². The van der Waals surface area contributed by atoms with Crippen molar-refractivity contribution in [3.8, 4) is 0 Å². The second-order valence-corrected chi connectivity index (χ2v) is 8.86. The van der Waals surface area contributed by atoms with Crippen LogP contribution in [0.2, 0.25) is 0 Å². The summed E-state index contributed by atoms with van der Waals surface area (Å²) in [6.07, 6.45) is 8.52. The molecule has 5 rings (SSSR count). The Morgan fingerprint density at radius 1 is 1.32 bits per heavy atom. The summed E-state index contributed by atoms with van der Waals surface area (Å²) < 4.78 is 0. The van der Waals surface area contributed by atoms with Crippen LogP contribution in [0.15, 0.2) is 5.38 Å². The Hall–Kier alpha value is -0.900. The molecule has 4 heteroatoms. The van der Waals surface area contributed by atoms with Crippen LogP contribution >= 0.6 is 11.3 Å². The Balaban J connectivity index is 1.47. The van der Waals surface area contributed by atoms with E-state index in [1.807, 2.05) is 0 Å². The summed E-state index contributed by atoms with van der Waals surface area (Å²) in [6.45, 7) is 4.20. The summed E-state index contributed by atoms with van der Waals surface area (Å²) >= 11 is 1.70. The van der Waals surface area contributed by atoms with E-state index in [0.29, 0.717) is 5.91 Å². The van der Waals surface area contributed by atoms with Crippen molar-refractivity contribution in [2.24, 2.45) is 23.2 Å². The molecule has 120 valence electrons. The molecular weight excluding hydrogens is 292 g/mol. The fourth-order valence-corrected chi connectivity index (χ4v) is 6.34. The molecule has 4 fully saturated rings. The minimum absolute atomic E-state index is 0.0389. The van der Waals surface area contributed by atoms with Gasteiger partial charge in [-0.2, -0.15) is 0 Å². The number of rotatable bonds is 4. The van der Waals surface area contributed by atoms with Gasteiger partial charge in [-0.05, 0) is 69.6 Å². The highest BCUT2D eigenvalue weighted by Crippen LogP contribution is 2.60. The van der Waals surface area contributed by atoms with Crippen LogP contribution in [-0.2, 0) is 11.2 Å². The predicted octanol–water partition coefficient (Wildman–Crippen LogP) is 4.10. The zero-order chi connectivity index (χ0) is 15.3. The first-order valence-corrected chi connectivity index (χ1v) is 9.71. The Morgan fingerprint density at radius 3 is 2.41 bits per heavy atom. The highest BCUT2D eigenvalue weighted by atomic mass is 32.1. The van der Waals surface area contributed by atoms with Crippen LogP contribution in [0.25, 0.3) is 0 Å². The first kappa shape index (κ1) is 14.7. The van der Waals surface area contributed by atoms with E-state index >= 15 is 0 Å². The van der Waals surface area contributed by atoms with Gasteiger partial charge in [0.05, 0.1) is 16.7 Å². The summed E-state index contributed by atoms with van der Waals surface area (Å²) in [5.41, 5.74) is 0.979. The van der Waals surface area contributed by atoms with Crippen LogP contribution in [-0.4, -0.2) is 10.9 Å². The van der Waals surface area contributed by atoms with Crippen molar-refractivity contribution in [1.29, 1.82) is 0 Å². The average molecular weight is 318 g/mol. The Bertz CT molecular complexity index is 544. The van der Waals surface area contributed by atoms with E-state index in [9.17, 15) is 4.79 Å². The Labute approximate surface area is 136 Å². The molecule has 0 spiro atoms. The molecule has 3 nitrogen and oxygen atoms in total. The molecule has 4 aliphatic carbocycles. The van der Waals surface area contributed by atoms with Gasteiger partial charge in [-0.15, -0.1) is 11.3 Å². The number of hydrogen-bond acceptors (Lipinski definition) is 3. The molecule has 0 saturated heterocycles. The smallest absolute Gasteiger partial charge is 0.226 e. The van der Waals surface area contributed by atoms with Crippen LogP contribution in [0.5, 0.6) is 0 Å². The summed E-state index contributed by atoms with van der Waals surface area (Å²) in [4.78, 5) is 17.7. The van der Waals surface area contributed by atoms with Gasteiger partial charge in [-0.25, -0.2) is 4.98 Å². The van der Waals surface area contributed by atoms with E-state index in [1.54, 1.807) is 11.3 Å². The third-order valence-electron chi connectivity index (χ3n) is 6.18. The second-order valence-electron chi connectivity index (χ2n) is 7.91. The largest absolute Gasteiger partial charge is 0.347 e. The van der Waals surface area contributed by atoms with E-state index in [0.717, 1.165) is 54.1 Å². The fraction of sp³-hybridized carbons (Fsp3) is 0.778. The lowest BCUT2D eigenvalue weighted by Gasteiger charge is -2.55. The van der Waals surface area contributed by atoms with Crippen molar-refractivity contribution >= 4 is 17.2 Å². The van der Waals surface area contributed by atoms with Crippen molar-refractivity contribution in [2.75, 3.05) is 0 Å². The first-order chi connectivity index (χ1) is 10.6. The third kappa shape index (κ3) is 2.40. The number of nitrogens with zero attached hydrogens (tertiary/aromatic N) is 1. The van der Waals surface area contributed by atoms with Crippen LogP contribution in [0.4, 0.5) is 0 Å². The van der Waals surface area contributed by atoms with Crippen LogP contribution in [0.1, 0.15) is 69.1 Å². The van der Waals surface area contributed by atoms with Gasteiger partial charge in [-0.3, -0.25) is 4.79 Å². The predicted molar refractivity (Wildman–Crippen MR) is 88.7 cm³/mol. The van der Waals surface area contributed by atoms with Gasteiger partial charge in [-0.1, -0.05) is 6.92 Å². The number of thiazole rings is 1. The molecule has 1 unspecified atom stereocenters. The van der Waals surface area contributed by atoms with Crippen molar-refractivity contribution in [2.45, 2.75) is 64.8 Å². The van der Waals surface area contributed by atoms with Crippen LogP contribution in [0, 0.1) is 23.2 Å². The topological polar surface area (TPSA) is 42.0 Å². The van der Waals surface area contributed by atoms with Crippen molar-refractivity contribution in [3.05, 3.63) is 16.1 Å². The van der Waals surface area contributed by atoms with Crippen molar-refractivity contribution in [3.63, 3.8) is 0 Å². The third-order valence-corrected chi connectivity index (χ3v) is 7.19. The molecule has 0 radical (unpaired) electrons. The van der Waals surface area contributed by atoms with Gasteiger partial charge in [0.1, 0.15) is 0 Å². The SMILES string of the molecule is CCc1nc(C(C)NC(=O)C23CC4CC(CC(C4)C2)C3)cs1. The van der Waals surface area contributed by atoms with Gasteiger partial charge < -0.3 is 5.32 Å². The molecule has 1 amide bonds. The lowest BCUT2D eigenvalue weighted by Crippen LogP contribution is -2.53. The summed E-state index contributed by atoms with van der Waals surface area (Å²) in [6, 6.07) is 0.0389. The number of carbonyl (C=O) groups excluding carboxylic acids is 1. The molecule has 0 aliphatic heterocycles. The summed E-state index contributed by atoms with van der Waals surface area (Å²) in [7, 11) is 0. The quantitative estimate of drug-likeness (QED) is 0.908. The van der Waals surface area contributed by atoms with Gasteiger partial charge in [0.15, 0.2) is 0 Å². The molecule has 1 aromatic heterocycles. The standard InChI is InChI=1S/C18H26N2OS/c1-3-16-20-15(10-22-16)11(2)19-17(21)18-7-12-4-13(8-18)6-14(5-12)9-18/h10-14H,3-9H2,1-2H3,(H,19,21). The molecule has 22 heavy (non-hydrogen) atoms. The molecule has 1 heterocycles. The van der Waals surface area contributed by atoms with Gasteiger partial charge in [0, 0.05) is 10.8 Å². The number of carbonyl (C=O) groups is 1. The van der Waals surface area contributed by atoms with Gasteiger partial charge in [0.2, 0.25) is 5.91 Å². The maximum absolute atomic E-state index is 13.0. The normalized spacial score (nSPS) is 37.3. The highest BCUT2D eigenvalue weighted by molar-refractivity contribution is 7.09. The van der Waals surface area contributed by atoms with E-state index in [2.05, 4.69) is 29.5 Å². The lowest BCUT2D eigenvalue weighted by atomic mass is 9.49. The number of aryl methyl sites for hydroxylation is 1. The average Bonchev–Trinajstić information content (AvgIpc) is 2.94. The minimum atomic E-state index is -0.0490. The monoisotopic (exact) mass is 318 g/mol. The Morgan fingerprint density at radius 2 is 1.91 bits per heavy atom. The first-order valence-electron chi connectivity index (χ1n) is 8.83. The zero-order valence-corrected chi connectivity index (χ0v) is 14.4. The molecule has 1 N–H and O–H groups in total. The fourth-order valence-electron chi connectivity index (χ4n) is 5.50. The van der Waals surface area contributed by atoms with Crippen LogP contribution < -0.4 is 5.32 Å². The summed E-state index contributed by atoms with van der Waals surface area (Å²) in [5.74, 6) is 2.76. The molecular formula is C18H26N2OS. The summed E-state index contributed by atoms with van der Waals surface area (Å²) in [5, 5.41) is 6.55. The van der Waals surface area contributed by atoms with E-state index in [1.165, 1.54) is 19.3 Å². The number of aromatic nitrogens is 1. The Kier molecular flexibility index (Phi) is 3.55. The maximum atomic E-state index is 13.0. The minimum Gasteiger partial charge on any atom is -0.347 e. The molecule has 4 aliphatic rings. The number of hydrogen-bond donors (Lipinski definition) is 1. The molecule has 4 bridgehead atoms. The van der Waals surface area contributed by atoms with Gasteiger partial charge >= 0.3 is 0 Å². The molecule has 0 aromatic carbocycles. The lowest BCUT2D eigenvalue weighted by molar-refractivity contribution is -0.147. The molecule has 1 atom stereocenters. The number of nitrogens with one attached hydrogen (secondary N) is 1. The van der Waals surface area contributed by atoms with E-state index in [4.69, 9.17) is 0 Å². The van der Waals surface area contributed by atoms with E-state index < -0.39 is 0 Å². The maximum Gasteiger partial charge on any atom is 0.226 e. The van der Waals surface area contributed by atoms with Crippen LogP contribution in [0.3, 0.4) is 0 Å². The molecule has 4 saturated carbocycles. The molecule has 1 aromatic rings.